The van der Waals surface area contributed by atoms with Gasteiger partial charge in [0.1, 0.15) is 5.60 Å². The standard InChI is InChI=1S/C20H29N3O3/c1-26-20(9-11-21-12-10-20)19(25)23-13-7-17(8-14-23)18(24)22-15-16-5-3-2-4-6-16/h2-6,17,21H,7-15H2,1H3,(H,22,24). The lowest BCUT2D eigenvalue weighted by atomic mass is 9.88. The van der Waals surface area contributed by atoms with Gasteiger partial charge in [0.15, 0.2) is 0 Å². The Morgan fingerprint density at radius 3 is 2.46 bits per heavy atom. The molecule has 2 amide bonds. The van der Waals surface area contributed by atoms with E-state index in [-0.39, 0.29) is 17.7 Å². The molecule has 0 aliphatic carbocycles. The number of ether oxygens (including phenoxy) is 1. The van der Waals surface area contributed by atoms with Gasteiger partial charge in [-0.1, -0.05) is 30.3 Å². The van der Waals surface area contributed by atoms with E-state index in [1.54, 1.807) is 7.11 Å². The first-order chi connectivity index (χ1) is 12.6. The number of nitrogens with zero attached hydrogens (tertiary/aromatic N) is 1. The number of amides is 2. The van der Waals surface area contributed by atoms with Gasteiger partial charge in [-0.15, -0.1) is 0 Å². The molecule has 6 nitrogen and oxygen atoms in total. The molecule has 2 fully saturated rings. The number of carbonyl (C=O) groups excluding carboxylic acids is 2. The summed E-state index contributed by atoms with van der Waals surface area (Å²) in [4.78, 5) is 27.3. The zero-order chi connectivity index (χ0) is 18.4. The van der Waals surface area contributed by atoms with Gasteiger partial charge in [0.25, 0.3) is 5.91 Å². The van der Waals surface area contributed by atoms with Gasteiger partial charge in [-0.25, -0.2) is 0 Å². The first kappa shape index (κ1) is 18.9. The molecule has 0 bridgehead atoms. The monoisotopic (exact) mass is 359 g/mol. The van der Waals surface area contributed by atoms with E-state index in [2.05, 4.69) is 10.6 Å². The Bertz CT molecular complexity index is 606. The van der Waals surface area contributed by atoms with Crippen LogP contribution in [0.1, 0.15) is 31.2 Å². The van der Waals surface area contributed by atoms with Crippen molar-refractivity contribution < 1.29 is 14.3 Å². The summed E-state index contributed by atoms with van der Waals surface area (Å²) in [5.74, 6) is 0.156. The molecule has 0 saturated carbocycles. The number of nitrogens with one attached hydrogen (secondary N) is 2. The second kappa shape index (κ2) is 8.64. The molecule has 26 heavy (non-hydrogen) atoms. The van der Waals surface area contributed by atoms with Crippen molar-refractivity contribution in [3.05, 3.63) is 35.9 Å². The van der Waals surface area contributed by atoms with Gasteiger partial charge in [-0.3, -0.25) is 9.59 Å². The Morgan fingerprint density at radius 2 is 1.85 bits per heavy atom. The van der Waals surface area contributed by atoms with E-state index in [1.807, 2.05) is 35.2 Å². The maximum atomic E-state index is 13.0. The molecule has 2 aliphatic heterocycles. The second-order valence-electron chi connectivity index (χ2n) is 7.22. The number of benzene rings is 1. The van der Waals surface area contributed by atoms with E-state index in [4.69, 9.17) is 4.74 Å². The fraction of sp³-hybridized carbons (Fsp3) is 0.600. The Labute approximate surface area is 155 Å². The molecular weight excluding hydrogens is 330 g/mol. The first-order valence-electron chi connectivity index (χ1n) is 9.51. The van der Waals surface area contributed by atoms with Crippen LogP contribution in [-0.4, -0.2) is 55.6 Å². The normalized spacial score (nSPS) is 20.6. The summed E-state index contributed by atoms with van der Waals surface area (Å²) in [6.07, 6.45) is 2.84. The minimum Gasteiger partial charge on any atom is -0.368 e. The van der Waals surface area contributed by atoms with E-state index >= 15 is 0 Å². The van der Waals surface area contributed by atoms with E-state index in [9.17, 15) is 9.59 Å². The van der Waals surface area contributed by atoms with Gasteiger partial charge >= 0.3 is 0 Å². The van der Waals surface area contributed by atoms with Gasteiger partial charge in [0, 0.05) is 32.7 Å². The van der Waals surface area contributed by atoms with E-state index in [0.717, 1.165) is 18.7 Å². The number of rotatable bonds is 5. The quantitative estimate of drug-likeness (QED) is 0.832. The van der Waals surface area contributed by atoms with Gasteiger partial charge in [0.05, 0.1) is 0 Å². The zero-order valence-corrected chi connectivity index (χ0v) is 15.5. The van der Waals surface area contributed by atoms with E-state index < -0.39 is 5.60 Å². The molecule has 0 spiro atoms. The van der Waals surface area contributed by atoms with Crippen molar-refractivity contribution in [2.45, 2.75) is 37.8 Å². The molecule has 2 aliphatic rings. The van der Waals surface area contributed by atoms with Gasteiger partial charge in [0.2, 0.25) is 5.91 Å². The van der Waals surface area contributed by atoms with Crippen LogP contribution in [0.15, 0.2) is 30.3 Å². The summed E-state index contributed by atoms with van der Waals surface area (Å²) in [7, 11) is 1.63. The van der Waals surface area contributed by atoms with Crippen LogP contribution in [0.2, 0.25) is 0 Å². The third-order valence-electron chi connectivity index (χ3n) is 5.65. The highest BCUT2D eigenvalue weighted by atomic mass is 16.5. The Morgan fingerprint density at radius 1 is 1.19 bits per heavy atom. The summed E-state index contributed by atoms with van der Waals surface area (Å²) in [6.45, 7) is 3.41. The van der Waals surface area contributed by atoms with Crippen LogP contribution in [0.25, 0.3) is 0 Å². The van der Waals surface area contributed by atoms with Crippen molar-refractivity contribution >= 4 is 11.8 Å². The lowest BCUT2D eigenvalue weighted by Crippen LogP contribution is -2.57. The molecule has 0 atom stereocenters. The molecule has 0 radical (unpaired) electrons. The maximum absolute atomic E-state index is 13.0. The third kappa shape index (κ3) is 4.24. The van der Waals surface area contributed by atoms with Crippen LogP contribution in [0.3, 0.4) is 0 Å². The number of carbonyl (C=O) groups is 2. The topological polar surface area (TPSA) is 70.7 Å². The summed E-state index contributed by atoms with van der Waals surface area (Å²) in [5, 5.41) is 6.30. The lowest BCUT2D eigenvalue weighted by molar-refractivity contribution is -0.160. The number of methoxy groups -OCH3 is 1. The summed E-state index contributed by atoms with van der Waals surface area (Å²) < 4.78 is 5.65. The highest BCUT2D eigenvalue weighted by Crippen LogP contribution is 2.28. The molecule has 0 aromatic heterocycles. The predicted molar refractivity (Wildman–Crippen MR) is 99.4 cm³/mol. The predicted octanol–water partition coefficient (Wildman–Crippen LogP) is 1.31. The van der Waals surface area contributed by atoms with Crippen molar-refractivity contribution in [2.75, 3.05) is 33.3 Å². The summed E-state index contributed by atoms with van der Waals surface area (Å²) >= 11 is 0. The molecule has 2 saturated heterocycles. The van der Waals surface area contributed by atoms with E-state index in [0.29, 0.717) is 45.3 Å². The molecule has 142 valence electrons. The average Bonchev–Trinajstić information content (AvgIpc) is 2.73. The largest absolute Gasteiger partial charge is 0.368 e. The summed E-state index contributed by atoms with van der Waals surface area (Å²) in [5.41, 5.74) is 0.412. The molecule has 6 heteroatoms. The minimum atomic E-state index is -0.687. The number of piperidine rings is 2. The Balaban J connectivity index is 1.49. The minimum absolute atomic E-state index is 0.0192. The van der Waals surface area contributed by atoms with Crippen molar-refractivity contribution in [1.82, 2.24) is 15.5 Å². The maximum Gasteiger partial charge on any atom is 0.254 e. The lowest BCUT2D eigenvalue weighted by Gasteiger charge is -2.41. The SMILES string of the molecule is COC1(C(=O)N2CCC(C(=O)NCc3ccccc3)CC2)CCNCC1. The van der Waals surface area contributed by atoms with Crippen molar-refractivity contribution in [2.24, 2.45) is 5.92 Å². The summed E-state index contributed by atoms with van der Waals surface area (Å²) in [6, 6.07) is 9.92. The zero-order valence-electron chi connectivity index (χ0n) is 15.5. The van der Waals surface area contributed by atoms with Crippen LogP contribution in [-0.2, 0) is 20.9 Å². The highest BCUT2D eigenvalue weighted by Gasteiger charge is 2.43. The second-order valence-corrected chi connectivity index (χ2v) is 7.22. The molecule has 1 aromatic carbocycles. The van der Waals surface area contributed by atoms with Gasteiger partial charge in [-0.2, -0.15) is 0 Å². The third-order valence-corrected chi connectivity index (χ3v) is 5.65. The van der Waals surface area contributed by atoms with Crippen LogP contribution in [0.4, 0.5) is 0 Å². The van der Waals surface area contributed by atoms with Crippen molar-refractivity contribution in [3.63, 3.8) is 0 Å². The molecular formula is C20H29N3O3. The van der Waals surface area contributed by atoms with Crippen LogP contribution >= 0.6 is 0 Å². The number of likely N-dealkylation sites (tertiary alicyclic amines) is 1. The first-order valence-corrected chi connectivity index (χ1v) is 9.51. The van der Waals surface area contributed by atoms with Gasteiger partial charge < -0.3 is 20.3 Å². The number of hydrogen-bond donors (Lipinski definition) is 2. The molecule has 1 aromatic rings. The molecule has 0 unspecified atom stereocenters. The number of hydrogen-bond acceptors (Lipinski definition) is 4. The molecule has 2 heterocycles. The Hall–Kier alpha value is -1.92. The fourth-order valence-electron chi connectivity index (χ4n) is 3.90. The molecule has 2 N–H and O–H groups in total. The smallest absolute Gasteiger partial charge is 0.254 e. The van der Waals surface area contributed by atoms with Crippen molar-refractivity contribution in [1.29, 1.82) is 0 Å². The fourth-order valence-corrected chi connectivity index (χ4v) is 3.90. The van der Waals surface area contributed by atoms with Crippen molar-refractivity contribution in [3.8, 4) is 0 Å². The molecule has 3 rings (SSSR count). The van der Waals surface area contributed by atoms with Gasteiger partial charge in [-0.05, 0) is 44.3 Å². The van der Waals surface area contributed by atoms with Crippen LogP contribution in [0.5, 0.6) is 0 Å². The van der Waals surface area contributed by atoms with E-state index in [1.165, 1.54) is 0 Å². The average molecular weight is 359 g/mol. The Kier molecular flexibility index (Phi) is 6.27. The van der Waals surface area contributed by atoms with Crippen LogP contribution in [0, 0.1) is 5.92 Å². The highest BCUT2D eigenvalue weighted by molar-refractivity contribution is 5.86. The van der Waals surface area contributed by atoms with Crippen LogP contribution < -0.4 is 10.6 Å².